The van der Waals surface area contributed by atoms with Crippen molar-refractivity contribution in [3.05, 3.63) is 65.7 Å². The maximum absolute atomic E-state index is 12.0. The minimum atomic E-state index is -1.69. The molecule has 0 radical (unpaired) electrons. The predicted molar refractivity (Wildman–Crippen MR) is 95.4 cm³/mol. The molecule has 1 fully saturated rings. The maximum atomic E-state index is 12.0. The van der Waals surface area contributed by atoms with Crippen molar-refractivity contribution >= 4 is 23.8 Å². The Bertz CT molecular complexity index is 876. The third-order valence-corrected chi connectivity index (χ3v) is 4.58. The second-order valence-electron chi connectivity index (χ2n) is 6.35. The van der Waals surface area contributed by atoms with Crippen LogP contribution in [0.1, 0.15) is 17.0 Å². The fourth-order valence-corrected chi connectivity index (χ4v) is 3.24. The zero-order valence-corrected chi connectivity index (χ0v) is 14.6. The molecule has 3 N–H and O–H groups in total. The summed E-state index contributed by atoms with van der Waals surface area (Å²) in [5.74, 6) is -9.24. The van der Waals surface area contributed by atoms with Gasteiger partial charge in [0.05, 0.1) is 0 Å². The summed E-state index contributed by atoms with van der Waals surface area (Å²) in [6.45, 7) is 0.319. The molecule has 2 aromatic rings. The molecule has 1 heterocycles. The van der Waals surface area contributed by atoms with Gasteiger partial charge in [0.15, 0.2) is 0 Å². The van der Waals surface area contributed by atoms with Crippen molar-refractivity contribution in [1.29, 1.82) is 0 Å². The van der Waals surface area contributed by atoms with Gasteiger partial charge < -0.3 is 14.9 Å². The second kappa shape index (κ2) is 7.91. The Hall–Kier alpha value is -3.68. The van der Waals surface area contributed by atoms with Crippen LogP contribution in [0.15, 0.2) is 54.6 Å². The van der Waals surface area contributed by atoms with Crippen molar-refractivity contribution in [2.75, 3.05) is 0 Å². The molecular formula is C20H17NO7. The van der Waals surface area contributed by atoms with Crippen LogP contribution in [0.2, 0.25) is 0 Å². The summed E-state index contributed by atoms with van der Waals surface area (Å²) in [5.41, 5.74) is 1.22. The predicted octanol–water partition coefficient (Wildman–Crippen LogP) is 1.41. The zero-order chi connectivity index (χ0) is 20.3. The van der Waals surface area contributed by atoms with Crippen molar-refractivity contribution in [3.63, 3.8) is 0 Å². The number of carboxylic acid groups (broad SMARTS) is 2. The Morgan fingerprint density at radius 3 is 1.89 bits per heavy atom. The average molecular weight is 383 g/mol. The van der Waals surface area contributed by atoms with E-state index in [1.54, 1.807) is 12.1 Å². The van der Waals surface area contributed by atoms with E-state index in [0.717, 1.165) is 5.56 Å². The van der Waals surface area contributed by atoms with Gasteiger partial charge in [-0.15, -0.1) is 0 Å². The van der Waals surface area contributed by atoms with Crippen LogP contribution in [0.5, 0.6) is 5.75 Å². The number of piperidine rings is 1. The molecule has 8 heteroatoms. The summed E-state index contributed by atoms with van der Waals surface area (Å²) >= 11 is 0. The average Bonchev–Trinajstić information content (AvgIpc) is 2.66. The van der Waals surface area contributed by atoms with Gasteiger partial charge in [0, 0.05) is 5.92 Å². The highest BCUT2D eigenvalue weighted by molar-refractivity contribution is 6.14. The third-order valence-electron chi connectivity index (χ3n) is 4.58. The molecule has 3 atom stereocenters. The Labute approximate surface area is 159 Å². The number of carbonyl (C=O) groups is 4. The highest BCUT2D eigenvalue weighted by Gasteiger charge is 2.51. The summed E-state index contributed by atoms with van der Waals surface area (Å²) in [5, 5.41) is 20.6. The Morgan fingerprint density at radius 1 is 0.857 bits per heavy atom. The van der Waals surface area contributed by atoms with E-state index < -0.39 is 41.5 Å². The van der Waals surface area contributed by atoms with E-state index in [4.69, 9.17) is 4.74 Å². The van der Waals surface area contributed by atoms with Crippen LogP contribution in [-0.4, -0.2) is 34.0 Å². The number of nitrogens with one attached hydrogen (secondary N) is 1. The van der Waals surface area contributed by atoms with Crippen molar-refractivity contribution in [3.8, 4) is 5.75 Å². The van der Waals surface area contributed by atoms with Crippen LogP contribution < -0.4 is 10.1 Å². The Morgan fingerprint density at radius 2 is 1.39 bits per heavy atom. The molecule has 2 aromatic carbocycles. The van der Waals surface area contributed by atoms with Crippen LogP contribution >= 0.6 is 0 Å². The number of hydrogen-bond acceptors (Lipinski definition) is 5. The van der Waals surface area contributed by atoms with Gasteiger partial charge in [-0.1, -0.05) is 42.5 Å². The fourth-order valence-electron chi connectivity index (χ4n) is 3.24. The lowest BCUT2D eigenvalue weighted by Gasteiger charge is -2.32. The fraction of sp³-hybridized carbons (Fsp3) is 0.200. The van der Waals surface area contributed by atoms with Crippen molar-refractivity contribution in [1.82, 2.24) is 5.32 Å². The maximum Gasteiger partial charge on any atom is 0.316 e. The molecule has 0 unspecified atom stereocenters. The molecule has 0 bridgehead atoms. The van der Waals surface area contributed by atoms with Crippen LogP contribution in [-0.2, 0) is 25.8 Å². The van der Waals surface area contributed by atoms with Gasteiger partial charge in [0.1, 0.15) is 24.2 Å². The second-order valence-corrected chi connectivity index (χ2v) is 6.35. The monoisotopic (exact) mass is 383 g/mol. The lowest BCUT2D eigenvalue weighted by atomic mass is 9.73. The van der Waals surface area contributed by atoms with E-state index in [9.17, 15) is 29.4 Å². The van der Waals surface area contributed by atoms with Crippen LogP contribution in [0.3, 0.4) is 0 Å². The Balaban J connectivity index is 1.85. The molecule has 28 heavy (non-hydrogen) atoms. The van der Waals surface area contributed by atoms with E-state index in [1.165, 1.54) is 12.1 Å². The van der Waals surface area contributed by atoms with E-state index >= 15 is 0 Å². The number of carbonyl (C=O) groups excluding carboxylic acids is 2. The highest BCUT2D eigenvalue weighted by Crippen LogP contribution is 2.37. The standard InChI is InChI=1S/C20H17NO7/c22-17-15(19(24)25)14(16(20(26)27)18(23)21-17)12-6-8-13(9-7-12)28-10-11-4-2-1-3-5-11/h1-9,14-16H,10H2,(H,24,25)(H,26,27)(H,21,22,23)/t14-,15+,16-. The smallest absolute Gasteiger partial charge is 0.316 e. The van der Waals surface area contributed by atoms with E-state index in [-0.39, 0.29) is 5.56 Å². The first kappa shape index (κ1) is 19.1. The summed E-state index contributed by atoms with van der Waals surface area (Å²) < 4.78 is 5.65. The molecule has 1 aliphatic rings. The molecule has 0 aliphatic carbocycles. The molecule has 1 saturated heterocycles. The summed E-state index contributed by atoms with van der Waals surface area (Å²) in [4.78, 5) is 47.1. The van der Waals surface area contributed by atoms with Gasteiger partial charge in [0.25, 0.3) is 0 Å². The first-order chi connectivity index (χ1) is 13.4. The first-order valence-electron chi connectivity index (χ1n) is 8.45. The zero-order valence-electron chi connectivity index (χ0n) is 14.6. The van der Waals surface area contributed by atoms with Gasteiger partial charge in [-0.2, -0.15) is 0 Å². The van der Waals surface area contributed by atoms with Crippen LogP contribution in [0.25, 0.3) is 0 Å². The minimum absolute atomic E-state index is 0.259. The van der Waals surface area contributed by atoms with Crippen LogP contribution in [0, 0.1) is 11.8 Å². The van der Waals surface area contributed by atoms with Gasteiger partial charge in [-0.05, 0) is 23.3 Å². The largest absolute Gasteiger partial charge is 0.489 e. The summed E-state index contributed by atoms with van der Waals surface area (Å²) in [6.07, 6.45) is 0. The summed E-state index contributed by atoms with van der Waals surface area (Å²) in [7, 11) is 0. The van der Waals surface area contributed by atoms with Gasteiger partial charge in [0.2, 0.25) is 11.8 Å². The van der Waals surface area contributed by atoms with Gasteiger partial charge >= 0.3 is 11.9 Å². The molecule has 144 valence electrons. The number of ether oxygens (including phenoxy) is 1. The quantitative estimate of drug-likeness (QED) is 0.508. The number of carboxylic acids is 2. The molecule has 2 amide bonds. The third kappa shape index (κ3) is 3.85. The number of aliphatic carboxylic acids is 2. The van der Waals surface area contributed by atoms with Crippen molar-refractivity contribution in [2.24, 2.45) is 11.8 Å². The molecule has 0 spiro atoms. The van der Waals surface area contributed by atoms with Crippen LogP contribution in [0.4, 0.5) is 0 Å². The number of benzene rings is 2. The lowest BCUT2D eigenvalue weighted by molar-refractivity contribution is -0.158. The topological polar surface area (TPSA) is 130 Å². The van der Waals surface area contributed by atoms with E-state index in [1.807, 2.05) is 35.6 Å². The molecule has 0 saturated carbocycles. The normalized spacial score (nSPS) is 21.6. The number of amides is 2. The van der Waals surface area contributed by atoms with Crippen molar-refractivity contribution in [2.45, 2.75) is 12.5 Å². The lowest BCUT2D eigenvalue weighted by Crippen LogP contribution is -2.55. The molecular weight excluding hydrogens is 366 g/mol. The van der Waals surface area contributed by atoms with Gasteiger partial charge in [-0.3, -0.25) is 24.5 Å². The molecule has 0 aromatic heterocycles. The SMILES string of the molecule is O=C(O)[C@@H]1C(=O)NC(=O)[C@H](C(=O)O)[C@@H]1c1ccc(OCc2ccccc2)cc1. The molecule has 3 rings (SSSR count). The molecule has 8 nitrogen and oxygen atoms in total. The van der Waals surface area contributed by atoms with Gasteiger partial charge in [-0.25, -0.2) is 0 Å². The van der Waals surface area contributed by atoms with Crippen molar-refractivity contribution < 1.29 is 34.1 Å². The van der Waals surface area contributed by atoms with E-state index in [2.05, 4.69) is 0 Å². The highest BCUT2D eigenvalue weighted by atomic mass is 16.5. The number of rotatable bonds is 6. The molecule has 1 aliphatic heterocycles. The van der Waals surface area contributed by atoms with E-state index in [0.29, 0.717) is 12.4 Å². The Kier molecular flexibility index (Phi) is 5.39. The number of hydrogen-bond donors (Lipinski definition) is 3. The minimum Gasteiger partial charge on any atom is -0.489 e. The summed E-state index contributed by atoms with van der Waals surface area (Å²) in [6, 6.07) is 15.5. The first-order valence-corrected chi connectivity index (χ1v) is 8.45. The number of imide groups is 1.